The Morgan fingerprint density at radius 3 is 2.93 bits per heavy atom. The highest BCUT2D eigenvalue weighted by molar-refractivity contribution is 6.31. The number of hydrogen-bond acceptors (Lipinski definition) is 1. The Balaban J connectivity index is 1.99. The lowest BCUT2D eigenvalue weighted by Gasteiger charge is -2.13. The fourth-order valence-corrected chi connectivity index (χ4v) is 3.19. The highest BCUT2D eigenvalue weighted by atomic mass is 35.5. The lowest BCUT2D eigenvalue weighted by Crippen LogP contribution is -2.13. The molecular weight excluding hydrogens is 206 g/mol. The van der Waals surface area contributed by atoms with Crippen LogP contribution in [0.15, 0.2) is 12.1 Å². The summed E-state index contributed by atoms with van der Waals surface area (Å²) < 4.78 is 0. The Hall–Kier alpha value is -0.530. The van der Waals surface area contributed by atoms with Crippen molar-refractivity contribution in [1.29, 1.82) is 0 Å². The van der Waals surface area contributed by atoms with Crippen LogP contribution < -0.4 is 5.32 Å². The fourth-order valence-electron chi connectivity index (χ4n) is 2.85. The van der Waals surface area contributed by atoms with Crippen LogP contribution in [0.5, 0.6) is 0 Å². The normalized spacial score (nSPS) is 24.5. The summed E-state index contributed by atoms with van der Waals surface area (Å²) in [5, 5.41) is 4.53. The summed E-state index contributed by atoms with van der Waals surface area (Å²) >= 11 is 6.33. The van der Waals surface area contributed by atoms with Crippen molar-refractivity contribution >= 4 is 11.6 Å². The lowest BCUT2D eigenvalue weighted by molar-refractivity contribution is 0.647. The van der Waals surface area contributed by atoms with Gasteiger partial charge in [-0.3, -0.25) is 0 Å². The van der Waals surface area contributed by atoms with Crippen molar-refractivity contribution in [3.63, 3.8) is 0 Å². The SMILES string of the molecule is Clc1cc([C@H]2CCCN2)cc2c1CCC2. The maximum absolute atomic E-state index is 6.33. The molecule has 1 saturated heterocycles. The van der Waals surface area contributed by atoms with Crippen molar-refractivity contribution in [3.05, 3.63) is 33.8 Å². The molecule has 1 aliphatic heterocycles. The molecule has 80 valence electrons. The van der Waals surface area contributed by atoms with E-state index in [9.17, 15) is 0 Å². The molecule has 1 heterocycles. The molecule has 0 unspecified atom stereocenters. The molecule has 0 saturated carbocycles. The van der Waals surface area contributed by atoms with Gasteiger partial charge in [0.15, 0.2) is 0 Å². The van der Waals surface area contributed by atoms with Gasteiger partial charge in [-0.2, -0.15) is 0 Å². The van der Waals surface area contributed by atoms with Crippen LogP contribution in [0.2, 0.25) is 5.02 Å². The molecule has 1 nitrogen and oxygen atoms in total. The molecule has 1 aromatic rings. The summed E-state index contributed by atoms with van der Waals surface area (Å²) in [5.74, 6) is 0. The van der Waals surface area contributed by atoms with Crippen molar-refractivity contribution in [3.8, 4) is 0 Å². The van der Waals surface area contributed by atoms with Gasteiger partial charge in [0.1, 0.15) is 0 Å². The van der Waals surface area contributed by atoms with Gasteiger partial charge in [-0.25, -0.2) is 0 Å². The van der Waals surface area contributed by atoms with Crippen molar-refractivity contribution in [2.45, 2.75) is 38.1 Å². The maximum atomic E-state index is 6.33. The first-order valence-electron chi connectivity index (χ1n) is 5.89. The number of hydrogen-bond donors (Lipinski definition) is 1. The molecule has 3 rings (SSSR count). The molecule has 2 aliphatic rings. The van der Waals surface area contributed by atoms with Crippen LogP contribution in [0.4, 0.5) is 0 Å². The average Bonchev–Trinajstić information content (AvgIpc) is 2.88. The van der Waals surface area contributed by atoms with Crippen LogP contribution in [-0.2, 0) is 12.8 Å². The summed E-state index contributed by atoms with van der Waals surface area (Å²) in [6.45, 7) is 1.15. The zero-order chi connectivity index (χ0) is 10.3. The molecule has 1 aliphatic carbocycles. The molecule has 15 heavy (non-hydrogen) atoms. The number of nitrogens with one attached hydrogen (secondary N) is 1. The van der Waals surface area contributed by atoms with Gasteiger partial charge < -0.3 is 5.32 Å². The zero-order valence-electron chi connectivity index (χ0n) is 8.85. The van der Waals surface area contributed by atoms with Gasteiger partial charge in [0.25, 0.3) is 0 Å². The zero-order valence-corrected chi connectivity index (χ0v) is 9.61. The molecule has 1 atom stereocenters. The van der Waals surface area contributed by atoms with Gasteiger partial charge >= 0.3 is 0 Å². The summed E-state index contributed by atoms with van der Waals surface area (Å²) in [6.07, 6.45) is 6.22. The molecule has 1 N–H and O–H groups in total. The summed E-state index contributed by atoms with van der Waals surface area (Å²) in [6, 6.07) is 5.10. The van der Waals surface area contributed by atoms with Crippen molar-refractivity contribution in [2.75, 3.05) is 6.54 Å². The molecule has 0 aromatic heterocycles. The Bertz CT molecular complexity index is 380. The summed E-state index contributed by atoms with van der Waals surface area (Å²) in [5.41, 5.74) is 4.29. The van der Waals surface area contributed by atoms with Gasteiger partial charge in [-0.1, -0.05) is 17.7 Å². The van der Waals surface area contributed by atoms with Gasteiger partial charge in [0, 0.05) is 11.1 Å². The Labute approximate surface area is 95.8 Å². The molecule has 0 bridgehead atoms. The molecular formula is C13H16ClN. The predicted molar refractivity (Wildman–Crippen MR) is 63.5 cm³/mol. The second-order valence-corrected chi connectivity index (χ2v) is 5.05. The van der Waals surface area contributed by atoms with Crippen LogP contribution in [-0.4, -0.2) is 6.54 Å². The molecule has 1 fully saturated rings. The van der Waals surface area contributed by atoms with E-state index in [0.717, 1.165) is 11.6 Å². The van der Waals surface area contributed by atoms with Crippen molar-refractivity contribution < 1.29 is 0 Å². The second kappa shape index (κ2) is 3.80. The summed E-state index contributed by atoms with van der Waals surface area (Å²) in [7, 11) is 0. The van der Waals surface area contributed by atoms with Gasteiger partial charge in [0.05, 0.1) is 0 Å². The van der Waals surface area contributed by atoms with E-state index >= 15 is 0 Å². The maximum Gasteiger partial charge on any atom is 0.0444 e. The lowest BCUT2D eigenvalue weighted by atomic mass is 10.00. The molecule has 0 radical (unpaired) electrons. The monoisotopic (exact) mass is 221 g/mol. The minimum atomic E-state index is 0.549. The van der Waals surface area contributed by atoms with Gasteiger partial charge in [-0.05, 0) is 61.4 Å². The van der Waals surface area contributed by atoms with E-state index in [0.29, 0.717) is 6.04 Å². The van der Waals surface area contributed by atoms with E-state index in [4.69, 9.17) is 11.6 Å². The molecule has 0 amide bonds. The first-order chi connectivity index (χ1) is 7.34. The van der Waals surface area contributed by atoms with E-state index in [2.05, 4.69) is 17.4 Å². The number of halogens is 1. The van der Waals surface area contributed by atoms with E-state index in [-0.39, 0.29) is 0 Å². The quantitative estimate of drug-likeness (QED) is 0.768. The van der Waals surface area contributed by atoms with E-state index in [1.165, 1.54) is 48.8 Å². The van der Waals surface area contributed by atoms with Crippen molar-refractivity contribution in [2.24, 2.45) is 0 Å². The number of aryl methyl sites for hydroxylation is 1. The van der Waals surface area contributed by atoms with Crippen LogP contribution in [0, 0.1) is 0 Å². The standard InChI is InChI=1S/C13H16ClN/c14-12-8-10(13-5-2-6-15-13)7-9-3-1-4-11(9)12/h7-8,13,15H,1-6H2/t13-/m1/s1. The topological polar surface area (TPSA) is 12.0 Å². The van der Waals surface area contributed by atoms with E-state index < -0.39 is 0 Å². The Morgan fingerprint density at radius 2 is 2.13 bits per heavy atom. The molecule has 1 aromatic carbocycles. The largest absolute Gasteiger partial charge is 0.310 e. The van der Waals surface area contributed by atoms with E-state index in [1.807, 2.05) is 0 Å². The second-order valence-electron chi connectivity index (χ2n) is 4.64. The van der Waals surface area contributed by atoms with Crippen LogP contribution in [0.3, 0.4) is 0 Å². The fraction of sp³-hybridized carbons (Fsp3) is 0.538. The minimum absolute atomic E-state index is 0.549. The molecule has 2 heteroatoms. The Morgan fingerprint density at radius 1 is 1.20 bits per heavy atom. The van der Waals surface area contributed by atoms with Crippen LogP contribution in [0.25, 0.3) is 0 Å². The average molecular weight is 222 g/mol. The first-order valence-corrected chi connectivity index (χ1v) is 6.27. The first kappa shape index (κ1) is 9.68. The third-order valence-electron chi connectivity index (χ3n) is 3.65. The highest BCUT2D eigenvalue weighted by Gasteiger charge is 2.20. The highest BCUT2D eigenvalue weighted by Crippen LogP contribution is 2.34. The summed E-state index contributed by atoms with van der Waals surface area (Å²) in [4.78, 5) is 0. The number of benzene rings is 1. The number of fused-ring (bicyclic) bond motifs is 1. The van der Waals surface area contributed by atoms with Crippen LogP contribution >= 0.6 is 11.6 Å². The third kappa shape index (κ3) is 1.68. The number of rotatable bonds is 1. The minimum Gasteiger partial charge on any atom is -0.310 e. The predicted octanol–water partition coefficient (Wildman–Crippen LogP) is 3.25. The smallest absolute Gasteiger partial charge is 0.0444 e. The van der Waals surface area contributed by atoms with E-state index in [1.54, 1.807) is 0 Å². The third-order valence-corrected chi connectivity index (χ3v) is 3.98. The Kier molecular flexibility index (Phi) is 2.45. The van der Waals surface area contributed by atoms with Gasteiger partial charge in [0.2, 0.25) is 0 Å². The van der Waals surface area contributed by atoms with Crippen molar-refractivity contribution in [1.82, 2.24) is 5.32 Å². The van der Waals surface area contributed by atoms with Gasteiger partial charge in [-0.15, -0.1) is 0 Å². The van der Waals surface area contributed by atoms with Crippen LogP contribution in [0.1, 0.15) is 42.0 Å². The molecule has 0 spiro atoms.